The molecule has 0 saturated carbocycles. The van der Waals surface area contributed by atoms with Crippen molar-refractivity contribution in [2.75, 3.05) is 14.2 Å². The second kappa shape index (κ2) is 9.36. The summed E-state index contributed by atoms with van der Waals surface area (Å²) in [4.78, 5) is 19.6. The van der Waals surface area contributed by atoms with Crippen LogP contribution in [0.1, 0.15) is 34.7 Å². The Hall–Kier alpha value is -3.62. The summed E-state index contributed by atoms with van der Waals surface area (Å²) >= 11 is 4.78. The van der Waals surface area contributed by atoms with Crippen molar-refractivity contribution in [3.05, 3.63) is 113 Å². The number of benzene rings is 3. The lowest BCUT2D eigenvalue weighted by Gasteiger charge is -2.30. The monoisotopic (exact) mass is 574 g/mol. The van der Waals surface area contributed by atoms with Crippen LogP contribution < -0.4 is 24.4 Å². The minimum Gasteiger partial charge on any atom is -0.504 e. The smallest absolute Gasteiger partial charge is 0.271 e. The van der Waals surface area contributed by atoms with Gasteiger partial charge in [0.05, 0.1) is 30.5 Å². The molecule has 6 nitrogen and oxygen atoms in total. The molecule has 1 aliphatic carbocycles. The van der Waals surface area contributed by atoms with E-state index < -0.39 is 0 Å². The summed E-state index contributed by atoms with van der Waals surface area (Å²) < 4.78 is 13.7. The van der Waals surface area contributed by atoms with Crippen LogP contribution in [0.2, 0.25) is 0 Å². The minimum absolute atomic E-state index is 0.0172. The molecule has 3 aromatic carbocycles. The highest BCUT2D eigenvalue weighted by molar-refractivity contribution is 9.10. The summed E-state index contributed by atoms with van der Waals surface area (Å²) in [5.41, 5.74) is 5.82. The molecule has 0 fully saturated rings. The summed E-state index contributed by atoms with van der Waals surface area (Å²) in [5.74, 6) is 1.08. The zero-order chi connectivity index (χ0) is 25.7. The number of halogens is 1. The largest absolute Gasteiger partial charge is 0.504 e. The molecule has 0 amide bonds. The van der Waals surface area contributed by atoms with Crippen LogP contribution in [0.15, 0.2) is 80.5 Å². The summed E-state index contributed by atoms with van der Waals surface area (Å²) in [7, 11) is 3.14. The summed E-state index contributed by atoms with van der Waals surface area (Å²) in [5, 5.41) is 10.7. The molecule has 4 aromatic rings. The molecule has 0 radical (unpaired) electrons. The molecule has 1 atom stereocenters. The predicted molar refractivity (Wildman–Crippen MR) is 148 cm³/mol. The number of methoxy groups -OCH3 is 2. The first-order valence-electron chi connectivity index (χ1n) is 11.8. The van der Waals surface area contributed by atoms with Crippen molar-refractivity contribution in [3.8, 4) is 17.2 Å². The third kappa shape index (κ3) is 4.01. The summed E-state index contributed by atoms with van der Waals surface area (Å²) in [6.07, 6.45) is 3.42. The average molecular weight is 575 g/mol. The lowest BCUT2D eigenvalue weighted by molar-refractivity contribution is 0.372. The molecule has 0 saturated heterocycles. The molecular weight excluding hydrogens is 552 g/mol. The van der Waals surface area contributed by atoms with E-state index in [1.807, 2.05) is 30.3 Å². The molecule has 0 bridgehead atoms. The van der Waals surface area contributed by atoms with E-state index in [-0.39, 0.29) is 17.4 Å². The molecule has 1 aromatic heterocycles. The number of phenolic OH excluding ortho intramolecular Hbond substituents is 1. The Morgan fingerprint density at radius 2 is 1.86 bits per heavy atom. The highest BCUT2D eigenvalue weighted by Crippen LogP contribution is 2.41. The maximum Gasteiger partial charge on any atom is 0.271 e. The maximum absolute atomic E-state index is 13.9. The van der Waals surface area contributed by atoms with Crippen LogP contribution in [-0.4, -0.2) is 23.9 Å². The van der Waals surface area contributed by atoms with Gasteiger partial charge < -0.3 is 14.6 Å². The van der Waals surface area contributed by atoms with Crippen LogP contribution in [0.5, 0.6) is 17.2 Å². The minimum atomic E-state index is -0.279. The van der Waals surface area contributed by atoms with Crippen molar-refractivity contribution >= 4 is 39.0 Å². The topological polar surface area (TPSA) is 73.1 Å². The SMILES string of the molecule is COc1ccc([C@@H]2C3=C(N=c4s/c(=C\c5cc(Br)cc(OC)c5O)c(=O)n42)c2ccccc2CC3)cc1. The van der Waals surface area contributed by atoms with Gasteiger partial charge in [0.15, 0.2) is 16.3 Å². The second-order valence-electron chi connectivity index (χ2n) is 8.93. The Morgan fingerprint density at radius 1 is 1.08 bits per heavy atom. The zero-order valence-electron chi connectivity index (χ0n) is 20.2. The second-order valence-corrected chi connectivity index (χ2v) is 10.9. The van der Waals surface area contributed by atoms with E-state index in [4.69, 9.17) is 14.5 Å². The molecule has 2 aliphatic rings. The summed E-state index contributed by atoms with van der Waals surface area (Å²) in [6.45, 7) is 0. The highest BCUT2D eigenvalue weighted by atomic mass is 79.9. The highest BCUT2D eigenvalue weighted by Gasteiger charge is 2.32. The molecule has 186 valence electrons. The van der Waals surface area contributed by atoms with Gasteiger partial charge in [-0.25, -0.2) is 4.99 Å². The fourth-order valence-electron chi connectivity index (χ4n) is 5.11. The maximum atomic E-state index is 13.9. The number of allylic oxidation sites excluding steroid dienone is 1. The van der Waals surface area contributed by atoms with Crippen molar-refractivity contribution < 1.29 is 14.6 Å². The lowest BCUT2D eigenvalue weighted by Crippen LogP contribution is -2.38. The number of ether oxygens (including phenoxy) is 2. The van der Waals surface area contributed by atoms with Gasteiger partial charge in [-0.1, -0.05) is 63.7 Å². The average Bonchev–Trinajstić information content (AvgIpc) is 3.23. The van der Waals surface area contributed by atoms with Crippen molar-refractivity contribution in [2.45, 2.75) is 18.9 Å². The quantitative estimate of drug-likeness (QED) is 0.380. The van der Waals surface area contributed by atoms with E-state index in [9.17, 15) is 9.90 Å². The van der Waals surface area contributed by atoms with Gasteiger partial charge in [-0.3, -0.25) is 9.36 Å². The number of phenols is 1. The number of thiazole rings is 1. The van der Waals surface area contributed by atoms with Crippen molar-refractivity contribution in [1.29, 1.82) is 0 Å². The molecule has 1 N–H and O–H groups in total. The number of hydrogen-bond donors (Lipinski definition) is 1. The van der Waals surface area contributed by atoms with Crippen LogP contribution >= 0.6 is 27.3 Å². The molecule has 8 heteroatoms. The van der Waals surface area contributed by atoms with E-state index in [0.29, 0.717) is 20.6 Å². The van der Waals surface area contributed by atoms with Crippen molar-refractivity contribution in [2.24, 2.45) is 4.99 Å². The van der Waals surface area contributed by atoms with Crippen LogP contribution in [-0.2, 0) is 6.42 Å². The van der Waals surface area contributed by atoms with Gasteiger partial charge in [0.1, 0.15) is 5.75 Å². The number of aromatic hydroxyl groups is 1. The molecule has 0 unspecified atom stereocenters. The van der Waals surface area contributed by atoms with Gasteiger partial charge in [0, 0.05) is 15.6 Å². The van der Waals surface area contributed by atoms with Gasteiger partial charge in [0.2, 0.25) is 0 Å². The molecule has 2 heterocycles. The third-order valence-electron chi connectivity index (χ3n) is 6.88. The van der Waals surface area contributed by atoms with Gasteiger partial charge in [-0.15, -0.1) is 0 Å². The standard InChI is InChI=1S/C29H23BrN2O4S/c1-35-20-10-7-17(8-11-20)26-22-12-9-16-5-3-4-6-21(16)25(22)31-29-32(26)28(34)24(37-29)14-18-13-19(30)15-23(36-2)27(18)33/h3-8,10-11,13-15,26,33H,9,12H2,1-2H3/b24-14-/t26-/m1/s1. The predicted octanol–water partition coefficient (Wildman–Crippen LogP) is 4.80. The number of fused-ring (bicyclic) bond motifs is 3. The number of aromatic nitrogens is 1. The van der Waals surface area contributed by atoms with Crippen LogP contribution in [0.25, 0.3) is 11.8 Å². The van der Waals surface area contributed by atoms with Gasteiger partial charge in [-0.05, 0) is 59.9 Å². The van der Waals surface area contributed by atoms with Crippen LogP contribution in [0.3, 0.4) is 0 Å². The Labute approximate surface area is 225 Å². The first-order chi connectivity index (χ1) is 18.0. The Bertz CT molecular complexity index is 1750. The number of nitrogens with zero attached hydrogens (tertiary/aromatic N) is 2. The summed E-state index contributed by atoms with van der Waals surface area (Å²) in [6, 6.07) is 19.4. The molecule has 0 spiro atoms. The van der Waals surface area contributed by atoms with Crippen molar-refractivity contribution in [1.82, 2.24) is 4.57 Å². The normalized spacial score (nSPS) is 16.5. The van der Waals surface area contributed by atoms with Gasteiger partial charge in [0.25, 0.3) is 5.56 Å². The van der Waals surface area contributed by atoms with Gasteiger partial charge in [-0.2, -0.15) is 0 Å². The molecule has 37 heavy (non-hydrogen) atoms. The fourth-order valence-corrected chi connectivity index (χ4v) is 6.56. The van der Waals surface area contributed by atoms with E-state index in [1.165, 1.54) is 24.0 Å². The zero-order valence-corrected chi connectivity index (χ0v) is 22.6. The first kappa shape index (κ1) is 23.8. The van der Waals surface area contributed by atoms with Crippen LogP contribution in [0, 0.1) is 0 Å². The molecule has 6 rings (SSSR count). The molecule has 1 aliphatic heterocycles. The fraction of sp³-hybridized carbons (Fsp3) is 0.172. The van der Waals surface area contributed by atoms with E-state index >= 15 is 0 Å². The van der Waals surface area contributed by atoms with E-state index in [2.05, 4.69) is 34.1 Å². The van der Waals surface area contributed by atoms with Gasteiger partial charge >= 0.3 is 0 Å². The Balaban J connectivity index is 1.61. The number of hydrogen-bond acceptors (Lipinski definition) is 6. The number of rotatable bonds is 4. The van der Waals surface area contributed by atoms with Crippen molar-refractivity contribution in [3.63, 3.8) is 0 Å². The molecular formula is C29H23BrN2O4S. The third-order valence-corrected chi connectivity index (χ3v) is 8.32. The number of aryl methyl sites for hydroxylation is 1. The van der Waals surface area contributed by atoms with Crippen LogP contribution in [0.4, 0.5) is 0 Å². The van der Waals surface area contributed by atoms with E-state index in [1.54, 1.807) is 29.9 Å². The van der Waals surface area contributed by atoms with E-state index in [0.717, 1.165) is 45.5 Å². The Kier molecular flexibility index (Phi) is 6.01. The Morgan fingerprint density at radius 3 is 2.62 bits per heavy atom. The lowest BCUT2D eigenvalue weighted by atomic mass is 9.83. The first-order valence-corrected chi connectivity index (χ1v) is 13.4.